The second-order valence-corrected chi connectivity index (χ2v) is 8.10. The Balaban J connectivity index is 2.04. The minimum absolute atomic E-state index is 0.0936. The summed E-state index contributed by atoms with van der Waals surface area (Å²) in [6.07, 6.45) is 3.45. The quantitative estimate of drug-likeness (QED) is 0.892. The summed E-state index contributed by atoms with van der Waals surface area (Å²) in [4.78, 5) is 4.39. The van der Waals surface area contributed by atoms with Crippen LogP contribution in [0.1, 0.15) is 11.9 Å². The zero-order valence-corrected chi connectivity index (χ0v) is 14.7. The van der Waals surface area contributed by atoms with E-state index in [0.29, 0.717) is 35.5 Å². The van der Waals surface area contributed by atoms with Crippen molar-refractivity contribution in [3.8, 4) is 0 Å². The molecule has 0 saturated carbocycles. The van der Waals surface area contributed by atoms with Gasteiger partial charge in [-0.2, -0.15) is 4.31 Å². The molecule has 1 aromatic carbocycles. The average molecular weight is 375 g/mol. The first kappa shape index (κ1) is 16.7. The molecule has 1 N–H and O–H groups in total. The molecule has 0 spiro atoms. The molecule has 0 aliphatic carbocycles. The highest BCUT2D eigenvalue weighted by molar-refractivity contribution is 7.89. The van der Waals surface area contributed by atoms with Gasteiger partial charge in [0.2, 0.25) is 10.0 Å². The lowest BCUT2D eigenvalue weighted by Crippen LogP contribution is -2.49. The Morgan fingerprint density at radius 3 is 2.57 bits per heavy atom. The average Bonchev–Trinajstić information content (AvgIpc) is 2.92. The second kappa shape index (κ2) is 6.41. The Labute approximate surface area is 145 Å². The number of aryl methyl sites for hydroxylation is 1. The van der Waals surface area contributed by atoms with Crippen molar-refractivity contribution >= 4 is 33.2 Å². The van der Waals surface area contributed by atoms with Crippen molar-refractivity contribution in [2.75, 3.05) is 19.6 Å². The number of nitrogens with one attached hydrogen (secondary N) is 1. The van der Waals surface area contributed by atoms with E-state index >= 15 is 0 Å². The molecule has 1 fully saturated rings. The highest BCUT2D eigenvalue weighted by atomic mass is 35.5. The SMILES string of the molecule is Cn1ccnc1C1CNCCN1S(=O)(=O)c1cc(Cl)cc(Cl)c1. The maximum atomic E-state index is 13.1. The van der Waals surface area contributed by atoms with E-state index in [0.717, 1.165) is 0 Å². The first-order valence-electron chi connectivity index (χ1n) is 7.05. The van der Waals surface area contributed by atoms with E-state index in [1.54, 1.807) is 12.4 Å². The van der Waals surface area contributed by atoms with Gasteiger partial charge in [0.05, 0.1) is 10.9 Å². The number of nitrogens with zero attached hydrogens (tertiary/aromatic N) is 3. The van der Waals surface area contributed by atoms with Crippen LogP contribution >= 0.6 is 23.2 Å². The summed E-state index contributed by atoms with van der Waals surface area (Å²) >= 11 is 11.9. The standard InChI is InChI=1S/C14H16Cl2N4O2S/c1-19-4-3-18-14(19)13-9-17-2-5-20(13)23(21,22)12-7-10(15)6-11(16)8-12/h3-4,6-8,13,17H,2,5,9H2,1H3. The summed E-state index contributed by atoms with van der Waals surface area (Å²) in [6, 6.07) is 3.96. The molecule has 1 aliphatic heterocycles. The van der Waals surface area contributed by atoms with Crippen molar-refractivity contribution in [1.29, 1.82) is 0 Å². The van der Waals surface area contributed by atoms with Crippen molar-refractivity contribution in [3.63, 3.8) is 0 Å². The van der Waals surface area contributed by atoms with Gasteiger partial charge < -0.3 is 9.88 Å². The maximum absolute atomic E-state index is 13.1. The Bertz CT molecular complexity index is 802. The number of imidazole rings is 1. The van der Waals surface area contributed by atoms with Crippen LogP contribution in [0.2, 0.25) is 10.0 Å². The molecule has 0 bridgehead atoms. The molecule has 6 nitrogen and oxygen atoms in total. The van der Waals surface area contributed by atoms with E-state index in [4.69, 9.17) is 23.2 Å². The van der Waals surface area contributed by atoms with E-state index < -0.39 is 10.0 Å². The second-order valence-electron chi connectivity index (χ2n) is 5.34. The van der Waals surface area contributed by atoms with E-state index in [1.165, 1.54) is 22.5 Å². The molecule has 1 atom stereocenters. The highest BCUT2D eigenvalue weighted by Gasteiger charge is 2.36. The summed E-state index contributed by atoms with van der Waals surface area (Å²) in [5.74, 6) is 0.689. The minimum Gasteiger partial charge on any atom is -0.337 e. The van der Waals surface area contributed by atoms with Gasteiger partial charge in [-0.1, -0.05) is 23.2 Å². The Hall–Kier alpha value is -1.12. The van der Waals surface area contributed by atoms with E-state index in [9.17, 15) is 8.42 Å². The number of benzene rings is 1. The van der Waals surface area contributed by atoms with E-state index in [1.807, 2.05) is 11.6 Å². The molecule has 2 heterocycles. The minimum atomic E-state index is -3.73. The third kappa shape index (κ3) is 3.25. The molecular formula is C14H16Cl2N4O2S. The van der Waals surface area contributed by atoms with Gasteiger partial charge in [0.25, 0.3) is 0 Å². The predicted molar refractivity (Wildman–Crippen MR) is 89.2 cm³/mol. The molecule has 9 heteroatoms. The predicted octanol–water partition coefficient (Wildman–Crippen LogP) is 2.06. The van der Waals surface area contributed by atoms with Crippen molar-refractivity contribution in [2.24, 2.45) is 7.05 Å². The highest BCUT2D eigenvalue weighted by Crippen LogP contribution is 2.30. The van der Waals surface area contributed by atoms with Gasteiger partial charge in [-0.15, -0.1) is 0 Å². The molecule has 1 saturated heterocycles. The lowest BCUT2D eigenvalue weighted by molar-refractivity contribution is 0.258. The monoisotopic (exact) mass is 374 g/mol. The molecule has 1 aromatic heterocycles. The van der Waals surface area contributed by atoms with Crippen molar-refractivity contribution in [3.05, 3.63) is 46.5 Å². The largest absolute Gasteiger partial charge is 0.337 e. The van der Waals surface area contributed by atoms with Crippen LogP contribution in [0.25, 0.3) is 0 Å². The number of aromatic nitrogens is 2. The van der Waals surface area contributed by atoms with Gasteiger partial charge in [0, 0.05) is 49.1 Å². The van der Waals surface area contributed by atoms with Crippen LogP contribution in [0.4, 0.5) is 0 Å². The smallest absolute Gasteiger partial charge is 0.243 e. The van der Waals surface area contributed by atoms with Crippen molar-refractivity contribution < 1.29 is 8.42 Å². The van der Waals surface area contributed by atoms with E-state index in [-0.39, 0.29) is 10.9 Å². The van der Waals surface area contributed by atoms with Gasteiger partial charge in [-0.3, -0.25) is 0 Å². The lowest BCUT2D eigenvalue weighted by atomic mass is 10.2. The molecule has 3 rings (SSSR count). The van der Waals surface area contributed by atoms with Gasteiger partial charge in [-0.05, 0) is 18.2 Å². The Kier molecular flexibility index (Phi) is 4.66. The first-order valence-corrected chi connectivity index (χ1v) is 9.25. The van der Waals surface area contributed by atoms with Gasteiger partial charge in [0.1, 0.15) is 5.82 Å². The Morgan fingerprint density at radius 2 is 1.96 bits per heavy atom. The third-order valence-electron chi connectivity index (χ3n) is 3.79. The molecular weight excluding hydrogens is 359 g/mol. The van der Waals surface area contributed by atoms with Gasteiger partial charge in [-0.25, -0.2) is 13.4 Å². The van der Waals surface area contributed by atoms with Crippen LogP contribution in [0.5, 0.6) is 0 Å². The number of piperazine rings is 1. The van der Waals surface area contributed by atoms with Crippen LogP contribution in [0, 0.1) is 0 Å². The fourth-order valence-corrected chi connectivity index (χ4v) is 5.02. The molecule has 124 valence electrons. The number of rotatable bonds is 3. The molecule has 1 aliphatic rings. The van der Waals surface area contributed by atoms with Crippen molar-refractivity contribution in [1.82, 2.24) is 19.2 Å². The first-order chi connectivity index (χ1) is 10.9. The number of halogens is 2. The zero-order valence-electron chi connectivity index (χ0n) is 12.4. The maximum Gasteiger partial charge on any atom is 0.243 e. The van der Waals surface area contributed by atoms with E-state index in [2.05, 4.69) is 10.3 Å². The van der Waals surface area contributed by atoms with Crippen LogP contribution in [0.15, 0.2) is 35.5 Å². The summed E-state index contributed by atoms with van der Waals surface area (Å²) in [7, 11) is -1.88. The van der Waals surface area contributed by atoms with Crippen LogP contribution < -0.4 is 5.32 Å². The zero-order chi connectivity index (χ0) is 16.6. The number of hydrogen-bond donors (Lipinski definition) is 1. The summed E-state index contributed by atoms with van der Waals surface area (Å²) in [6.45, 7) is 1.43. The lowest BCUT2D eigenvalue weighted by Gasteiger charge is -2.34. The fourth-order valence-electron chi connectivity index (χ4n) is 2.70. The van der Waals surface area contributed by atoms with Crippen LogP contribution in [-0.2, 0) is 17.1 Å². The van der Waals surface area contributed by atoms with Gasteiger partial charge in [0.15, 0.2) is 0 Å². The van der Waals surface area contributed by atoms with Crippen molar-refractivity contribution in [2.45, 2.75) is 10.9 Å². The normalized spacial score (nSPS) is 19.9. The molecule has 1 unspecified atom stereocenters. The van der Waals surface area contributed by atoms with Gasteiger partial charge >= 0.3 is 0 Å². The number of hydrogen-bond acceptors (Lipinski definition) is 4. The topological polar surface area (TPSA) is 67.2 Å². The fraction of sp³-hybridized carbons (Fsp3) is 0.357. The van der Waals surface area contributed by atoms with Crippen LogP contribution in [-0.4, -0.2) is 41.9 Å². The third-order valence-corrected chi connectivity index (χ3v) is 6.12. The summed E-state index contributed by atoms with van der Waals surface area (Å²) in [5, 5.41) is 3.80. The Morgan fingerprint density at radius 1 is 1.26 bits per heavy atom. The summed E-state index contributed by atoms with van der Waals surface area (Å²) < 4.78 is 29.4. The van der Waals surface area contributed by atoms with Crippen LogP contribution in [0.3, 0.4) is 0 Å². The molecule has 23 heavy (non-hydrogen) atoms. The summed E-state index contributed by atoms with van der Waals surface area (Å²) in [5.41, 5.74) is 0. The molecule has 0 amide bonds. The molecule has 0 radical (unpaired) electrons. The molecule has 2 aromatic rings. The number of sulfonamides is 1.